The Kier molecular flexibility index (Phi) is 4.57. The summed E-state index contributed by atoms with van der Waals surface area (Å²) in [5.74, 6) is 0.449. The van der Waals surface area contributed by atoms with Crippen LogP contribution >= 0.6 is 27.3 Å². The molecule has 0 radical (unpaired) electrons. The normalized spacial score (nSPS) is 12.3. The Morgan fingerprint density at radius 1 is 1.56 bits per heavy atom. The van der Waals surface area contributed by atoms with Crippen LogP contribution in [0.25, 0.3) is 0 Å². The number of thiophene rings is 1. The molecule has 2 aromatic heterocycles. The van der Waals surface area contributed by atoms with Crippen LogP contribution in [0.3, 0.4) is 0 Å². The summed E-state index contributed by atoms with van der Waals surface area (Å²) in [5.41, 5.74) is 0.900. The molecular weight excluding hydrogens is 318 g/mol. The molecule has 0 saturated heterocycles. The zero-order valence-corrected chi connectivity index (χ0v) is 12.1. The largest absolute Gasteiger partial charge is 0.468 e. The van der Waals surface area contributed by atoms with Crippen molar-refractivity contribution in [3.8, 4) is 0 Å². The fourth-order valence-electron chi connectivity index (χ4n) is 1.54. The van der Waals surface area contributed by atoms with Crippen LogP contribution in [0.15, 0.2) is 38.0 Å². The highest BCUT2D eigenvalue weighted by Crippen LogP contribution is 2.19. The van der Waals surface area contributed by atoms with Crippen molar-refractivity contribution in [3.05, 3.63) is 45.0 Å². The van der Waals surface area contributed by atoms with Gasteiger partial charge >= 0.3 is 5.97 Å². The smallest absolute Gasteiger partial charge is 0.327 e. The summed E-state index contributed by atoms with van der Waals surface area (Å²) >= 11 is 4.78. The maximum atomic E-state index is 11.7. The minimum absolute atomic E-state index is 0.306. The summed E-state index contributed by atoms with van der Waals surface area (Å²) < 4.78 is 10.8. The van der Waals surface area contributed by atoms with Crippen molar-refractivity contribution in [1.29, 1.82) is 0 Å². The fourth-order valence-corrected chi connectivity index (χ4v) is 2.57. The van der Waals surface area contributed by atoms with Crippen LogP contribution in [0.5, 0.6) is 0 Å². The lowest BCUT2D eigenvalue weighted by Crippen LogP contribution is -2.28. The van der Waals surface area contributed by atoms with Crippen LogP contribution in [0.1, 0.15) is 17.4 Å². The first-order valence-corrected chi connectivity index (χ1v) is 7.02. The third-order valence-electron chi connectivity index (χ3n) is 2.42. The lowest BCUT2D eigenvalue weighted by Gasteiger charge is -2.14. The molecule has 0 amide bonds. The lowest BCUT2D eigenvalue weighted by molar-refractivity contribution is -0.143. The van der Waals surface area contributed by atoms with Crippen molar-refractivity contribution in [2.45, 2.75) is 12.6 Å². The predicted molar refractivity (Wildman–Crippen MR) is 72.3 cm³/mol. The molecule has 2 aromatic rings. The molecule has 18 heavy (non-hydrogen) atoms. The molecule has 2 heterocycles. The first-order valence-electron chi connectivity index (χ1n) is 5.28. The van der Waals surface area contributed by atoms with E-state index in [1.165, 1.54) is 7.11 Å². The van der Waals surface area contributed by atoms with Crippen LogP contribution in [0.2, 0.25) is 0 Å². The van der Waals surface area contributed by atoms with Gasteiger partial charge in [0.2, 0.25) is 0 Å². The third kappa shape index (κ3) is 3.22. The molecule has 0 aliphatic heterocycles. The number of nitrogens with one attached hydrogen (secondary N) is 1. The van der Waals surface area contributed by atoms with Gasteiger partial charge in [-0.25, -0.2) is 4.79 Å². The van der Waals surface area contributed by atoms with Crippen LogP contribution < -0.4 is 5.32 Å². The molecule has 0 aliphatic carbocycles. The van der Waals surface area contributed by atoms with Crippen molar-refractivity contribution in [3.63, 3.8) is 0 Å². The van der Waals surface area contributed by atoms with Gasteiger partial charge in [0.25, 0.3) is 0 Å². The number of furan rings is 1. The second-order valence-electron chi connectivity index (χ2n) is 3.60. The Hall–Kier alpha value is -1.11. The minimum atomic E-state index is -0.467. The molecule has 0 saturated carbocycles. The number of carbonyl (C=O) groups excluding carboxylic acids is 1. The first kappa shape index (κ1) is 13.3. The van der Waals surface area contributed by atoms with Gasteiger partial charge in [-0.15, -0.1) is 0 Å². The summed E-state index contributed by atoms with van der Waals surface area (Å²) in [5, 5.41) is 6.97. The van der Waals surface area contributed by atoms with Gasteiger partial charge in [0.05, 0.1) is 13.7 Å². The summed E-state index contributed by atoms with van der Waals surface area (Å²) in [7, 11) is 1.38. The highest BCUT2D eigenvalue weighted by molar-refractivity contribution is 9.10. The van der Waals surface area contributed by atoms with Crippen molar-refractivity contribution in [2.24, 2.45) is 0 Å². The van der Waals surface area contributed by atoms with Gasteiger partial charge < -0.3 is 9.15 Å². The van der Waals surface area contributed by atoms with E-state index in [9.17, 15) is 4.79 Å². The molecule has 1 atom stereocenters. The van der Waals surface area contributed by atoms with Gasteiger partial charge in [0.15, 0.2) is 4.67 Å². The number of methoxy groups -OCH3 is 1. The number of halogens is 1. The topological polar surface area (TPSA) is 51.5 Å². The first-order chi connectivity index (χ1) is 8.70. The average Bonchev–Trinajstić information content (AvgIpc) is 3.01. The number of esters is 1. The van der Waals surface area contributed by atoms with E-state index in [1.54, 1.807) is 11.3 Å². The van der Waals surface area contributed by atoms with Gasteiger partial charge in [-0.2, -0.15) is 11.3 Å². The highest BCUT2D eigenvalue weighted by atomic mass is 79.9. The zero-order valence-electron chi connectivity index (χ0n) is 9.68. The van der Waals surface area contributed by atoms with E-state index in [4.69, 9.17) is 9.15 Å². The van der Waals surface area contributed by atoms with Crippen molar-refractivity contribution >= 4 is 33.2 Å². The molecule has 6 heteroatoms. The quantitative estimate of drug-likeness (QED) is 0.856. The minimum Gasteiger partial charge on any atom is -0.468 e. The van der Waals surface area contributed by atoms with Crippen LogP contribution in [0.4, 0.5) is 0 Å². The predicted octanol–water partition coefficient (Wildman–Crippen LogP) is 3.11. The van der Waals surface area contributed by atoms with Gasteiger partial charge in [-0.1, -0.05) is 0 Å². The maximum absolute atomic E-state index is 11.7. The molecular formula is C12H12BrNO3S. The second kappa shape index (κ2) is 6.17. The number of ether oxygens (including phenoxy) is 1. The van der Waals surface area contributed by atoms with Crippen molar-refractivity contribution < 1.29 is 13.9 Å². The molecule has 0 fully saturated rings. The molecule has 0 bridgehead atoms. The molecule has 1 N–H and O–H groups in total. The van der Waals surface area contributed by atoms with Crippen LogP contribution in [0, 0.1) is 0 Å². The maximum Gasteiger partial charge on any atom is 0.327 e. The van der Waals surface area contributed by atoms with E-state index in [1.807, 2.05) is 29.0 Å². The average molecular weight is 330 g/mol. The van der Waals surface area contributed by atoms with E-state index in [0.717, 1.165) is 11.3 Å². The Morgan fingerprint density at radius 3 is 2.94 bits per heavy atom. The second-order valence-corrected chi connectivity index (χ2v) is 5.16. The zero-order chi connectivity index (χ0) is 13.0. The number of carbonyl (C=O) groups is 1. The number of hydrogen-bond acceptors (Lipinski definition) is 5. The van der Waals surface area contributed by atoms with Gasteiger partial charge in [0, 0.05) is 0 Å². The van der Waals surface area contributed by atoms with Crippen molar-refractivity contribution in [2.75, 3.05) is 7.11 Å². The summed E-state index contributed by atoms with van der Waals surface area (Å²) in [4.78, 5) is 11.7. The highest BCUT2D eigenvalue weighted by Gasteiger charge is 2.21. The summed E-state index contributed by atoms with van der Waals surface area (Å²) in [6, 6.07) is 5.09. The van der Waals surface area contributed by atoms with Gasteiger partial charge in [-0.05, 0) is 50.5 Å². The Balaban J connectivity index is 2.04. The van der Waals surface area contributed by atoms with E-state index in [2.05, 4.69) is 21.2 Å². The Morgan fingerprint density at radius 2 is 2.39 bits per heavy atom. The molecule has 4 nitrogen and oxygen atoms in total. The van der Waals surface area contributed by atoms with Gasteiger partial charge in [-0.3, -0.25) is 5.32 Å². The summed E-state index contributed by atoms with van der Waals surface area (Å²) in [6.45, 7) is 0.460. The summed E-state index contributed by atoms with van der Waals surface area (Å²) in [6.07, 6.45) is 0. The monoisotopic (exact) mass is 329 g/mol. The van der Waals surface area contributed by atoms with E-state index >= 15 is 0 Å². The molecule has 2 rings (SSSR count). The molecule has 96 valence electrons. The van der Waals surface area contributed by atoms with Crippen LogP contribution in [-0.4, -0.2) is 13.1 Å². The number of hydrogen-bond donors (Lipinski definition) is 1. The SMILES string of the molecule is COC(=O)[C@H](NCc1ccc(Br)o1)c1ccsc1. The molecule has 0 aromatic carbocycles. The van der Waals surface area contributed by atoms with Crippen LogP contribution in [-0.2, 0) is 16.1 Å². The van der Waals surface area contributed by atoms with Crippen molar-refractivity contribution in [1.82, 2.24) is 5.32 Å². The molecule has 0 aliphatic rings. The molecule has 0 spiro atoms. The third-order valence-corrected chi connectivity index (χ3v) is 3.55. The molecule has 0 unspecified atom stereocenters. The lowest BCUT2D eigenvalue weighted by atomic mass is 10.1. The standard InChI is InChI=1S/C12H12BrNO3S/c1-16-12(15)11(8-4-5-18-7-8)14-6-9-2-3-10(13)17-9/h2-5,7,11,14H,6H2,1H3/t11-/m1/s1. The Bertz CT molecular complexity index is 509. The van der Waals surface area contributed by atoms with E-state index in [0.29, 0.717) is 11.2 Å². The fraction of sp³-hybridized carbons (Fsp3) is 0.250. The van der Waals surface area contributed by atoms with E-state index in [-0.39, 0.29) is 5.97 Å². The number of rotatable bonds is 5. The van der Waals surface area contributed by atoms with Gasteiger partial charge in [0.1, 0.15) is 11.8 Å². The Labute approximate surface area is 117 Å². The van der Waals surface area contributed by atoms with E-state index < -0.39 is 6.04 Å².